The highest BCUT2D eigenvalue weighted by Crippen LogP contribution is 2.27. The van der Waals surface area contributed by atoms with Gasteiger partial charge in [-0.15, -0.1) is 0 Å². The maximum atomic E-state index is 5.52. The molecule has 1 atom stereocenters. The van der Waals surface area contributed by atoms with Gasteiger partial charge in [0.15, 0.2) is 5.82 Å². The van der Waals surface area contributed by atoms with Crippen LogP contribution in [0.15, 0.2) is 28.8 Å². The van der Waals surface area contributed by atoms with Gasteiger partial charge in [0.1, 0.15) is 6.10 Å². The molecule has 4 nitrogen and oxygen atoms in total. The summed E-state index contributed by atoms with van der Waals surface area (Å²) in [6.07, 6.45) is 2.76. The van der Waals surface area contributed by atoms with E-state index in [0.717, 1.165) is 25.3 Å². The van der Waals surface area contributed by atoms with E-state index in [9.17, 15) is 0 Å². The summed E-state index contributed by atoms with van der Waals surface area (Å²) < 4.78 is 10.8. The van der Waals surface area contributed by atoms with E-state index in [1.807, 2.05) is 0 Å². The van der Waals surface area contributed by atoms with E-state index in [2.05, 4.69) is 41.3 Å². The number of aromatic nitrogens is 2. The van der Waals surface area contributed by atoms with Crippen LogP contribution >= 0.6 is 0 Å². The Bertz CT molecular complexity index is 513. The van der Waals surface area contributed by atoms with Crippen molar-refractivity contribution >= 4 is 0 Å². The number of hydrogen-bond donors (Lipinski definition) is 0. The van der Waals surface area contributed by atoms with Crippen LogP contribution in [-0.2, 0) is 11.2 Å². The van der Waals surface area contributed by atoms with Crippen LogP contribution in [0.4, 0.5) is 0 Å². The van der Waals surface area contributed by atoms with Crippen molar-refractivity contribution in [3.8, 4) is 0 Å². The van der Waals surface area contributed by atoms with Gasteiger partial charge in [-0.2, -0.15) is 4.98 Å². The third kappa shape index (κ3) is 2.43. The van der Waals surface area contributed by atoms with Crippen LogP contribution in [0.1, 0.15) is 41.8 Å². The van der Waals surface area contributed by atoms with Crippen molar-refractivity contribution in [2.24, 2.45) is 0 Å². The van der Waals surface area contributed by atoms with Gasteiger partial charge in [-0.05, 0) is 25.3 Å². The maximum absolute atomic E-state index is 5.52. The molecule has 0 bridgehead atoms. The van der Waals surface area contributed by atoms with E-state index in [1.54, 1.807) is 0 Å². The summed E-state index contributed by atoms with van der Waals surface area (Å²) >= 11 is 0. The smallest absolute Gasteiger partial charge is 0.255 e. The highest BCUT2D eigenvalue weighted by atomic mass is 16.5. The van der Waals surface area contributed by atoms with Crippen molar-refractivity contribution in [3.05, 3.63) is 47.1 Å². The van der Waals surface area contributed by atoms with E-state index in [4.69, 9.17) is 9.26 Å². The van der Waals surface area contributed by atoms with E-state index in [1.165, 1.54) is 11.1 Å². The number of rotatable bonds is 3. The summed E-state index contributed by atoms with van der Waals surface area (Å²) in [6.45, 7) is 2.87. The second-order valence-electron chi connectivity index (χ2n) is 4.71. The van der Waals surface area contributed by atoms with Gasteiger partial charge >= 0.3 is 0 Å². The molecular weight excluding hydrogens is 228 g/mol. The van der Waals surface area contributed by atoms with E-state index in [-0.39, 0.29) is 6.10 Å². The van der Waals surface area contributed by atoms with Crippen LogP contribution in [0.25, 0.3) is 0 Å². The zero-order valence-electron chi connectivity index (χ0n) is 10.4. The third-order valence-electron chi connectivity index (χ3n) is 3.17. The number of aryl methyl sites for hydroxylation is 1. The van der Waals surface area contributed by atoms with Crippen molar-refractivity contribution in [2.45, 2.75) is 32.3 Å². The average molecular weight is 244 g/mol. The zero-order valence-corrected chi connectivity index (χ0v) is 10.4. The molecule has 18 heavy (non-hydrogen) atoms. The van der Waals surface area contributed by atoms with Gasteiger partial charge < -0.3 is 9.26 Å². The summed E-state index contributed by atoms with van der Waals surface area (Å²) in [6, 6.07) is 8.38. The van der Waals surface area contributed by atoms with Gasteiger partial charge in [0.25, 0.3) is 5.89 Å². The molecule has 0 N–H and O–H groups in total. The monoisotopic (exact) mass is 244 g/mol. The molecule has 94 valence electrons. The SMILES string of the molecule is Cc1ccc(Cc2noc([C@H]3CCCO3)n2)cc1. The second kappa shape index (κ2) is 4.90. The highest BCUT2D eigenvalue weighted by Gasteiger charge is 2.23. The summed E-state index contributed by atoms with van der Waals surface area (Å²) in [5, 5.41) is 4.01. The highest BCUT2D eigenvalue weighted by molar-refractivity contribution is 5.23. The predicted octanol–water partition coefficient (Wildman–Crippen LogP) is 2.82. The van der Waals surface area contributed by atoms with Gasteiger partial charge in [0.2, 0.25) is 0 Å². The standard InChI is InChI=1S/C14H16N2O2/c1-10-4-6-11(7-5-10)9-13-15-14(18-16-13)12-3-2-8-17-12/h4-7,12H,2-3,8-9H2,1H3/t12-/m1/s1. The first kappa shape index (κ1) is 11.4. The molecule has 3 rings (SSSR count). The lowest BCUT2D eigenvalue weighted by Crippen LogP contribution is -1.97. The molecule has 1 aliphatic rings. The van der Waals surface area contributed by atoms with Crippen molar-refractivity contribution in [1.29, 1.82) is 0 Å². The Hall–Kier alpha value is -1.68. The minimum Gasteiger partial charge on any atom is -0.368 e. The van der Waals surface area contributed by atoms with E-state index in [0.29, 0.717) is 12.3 Å². The second-order valence-corrected chi connectivity index (χ2v) is 4.71. The quantitative estimate of drug-likeness (QED) is 0.833. The molecule has 0 saturated carbocycles. The fraction of sp³-hybridized carbons (Fsp3) is 0.429. The van der Waals surface area contributed by atoms with Crippen molar-refractivity contribution in [3.63, 3.8) is 0 Å². The van der Waals surface area contributed by atoms with Crippen molar-refractivity contribution in [2.75, 3.05) is 6.61 Å². The molecule has 0 aliphatic carbocycles. The Morgan fingerprint density at radius 3 is 2.83 bits per heavy atom. The first-order valence-corrected chi connectivity index (χ1v) is 6.31. The molecule has 0 unspecified atom stereocenters. The van der Waals surface area contributed by atoms with Crippen molar-refractivity contribution in [1.82, 2.24) is 10.1 Å². The predicted molar refractivity (Wildman–Crippen MR) is 66.2 cm³/mol. The molecule has 1 fully saturated rings. The molecule has 2 aromatic rings. The van der Waals surface area contributed by atoms with Gasteiger partial charge in [0.05, 0.1) is 0 Å². The Morgan fingerprint density at radius 2 is 2.11 bits per heavy atom. The lowest BCUT2D eigenvalue weighted by molar-refractivity contribution is 0.0835. The van der Waals surface area contributed by atoms with Crippen LogP contribution in [0.5, 0.6) is 0 Å². The molecule has 1 aliphatic heterocycles. The maximum Gasteiger partial charge on any atom is 0.255 e. The third-order valence-corrected chi connectivity index (χ3v) is 3.17. The van der Waals surface area contributed by atoms with Gasteiger partial charge in [-0.3, -0.25) is 0 Å². The summed E-state index contributed by atoms with van der Waals surface area (Å²) in [7, 11) is 0. The van der Waals surface area contributed by atoms with Gasteiger partial charge in [-0.25, -0.2) is 0 Å². The van der Waals surface area contributed by atoms with E-state index < -0.39 is 0 Å². The van der Waals surface area contributed by atoms with Crippen LogP contribution in [0, 0.1) is 6.92 Å². The topological polar surface area (TPSA) is 48.2 Å². The summed E-state index contributed by atoms with van der Waals surface area (Å²) in [4.78, 5) is 4.41. The van der Waals surface area contributed by atoms with Crippen LogP contribution in [0.3, 0.4) is 0 Å². The molecule has 2 heterocycles. The molecule has 1 saturated heterocycles. The molecule has 4 heteroatoms. The molecule has 1 aromatic heterocycles. The fourth-order valence-electron chi connectivity index (χ4n) is 2.13. The average Bonchev–Trinajstić information content (AvgIpc) is 3.02. The number of hydrogen-bond acceptors (Lipinski definition) is 4. The summed E-state index contributed by atoms with van der Waals surface area (Å²) in [5.41, 5.74) is 2.45. The van der Waals surface area contributed by atoms with Gasteiger partial charge in [-0.1, -0.05) is 35.0 Å². The number of nitrogens with zero attached hydrogens (tertiary/aromatic N) is 2. The van der Waals surface area contributed by atoms with E-state index >= 15 is 0 Å². The molecule has 0 radical (unpaired) electrons. The minimum absolute atomic E-state index is 0.00395. The molecular formula is C14H16N2O2. The molecule has 0 spiro atoms. The Morgan fingerprint density at radius 1 is 1.28 bits per heavy atom. The first-order chi connectivity index (χ1) is 8.81. The zero-order chi connectivity index (χ0) is 12.4. The normalized spacial score (nSPS) is 19.3. The Kier molecular flexibility index (Phi) is 3.11. The number of ether oxygens (including phenoxy) is 1. The molecule has 1 aromatic carbocycles. The Labute approximate surface area is 106 Å². The van der Waals surface area contributed by atoms with Crippen LogP contribution in [0.2, 0.25) is 0 Å². The summed E-state index contributed by atoms with van der Waals surface area (Å²) in [5.74, 6) is 1.35. The van der Waals surface area contributed by atoms with Gasteiger partial charge in [0, 0.05) is 13.0 Å². The molecule has 0 amide bonds. The fourth-order valence-corrected chi connectivity index (χ4v) is 2.13. The lowest BCUT2D eigenvalue weighted by Gasteiger charge is -2.00. The van der Waals surface area contributed by atoms with Crippen LogP contribution in [-0.4, -0.2) is 16.7 Å². The Balaban J connectivity index is 1.71. The number of benzene rings is 1. The lowest BCUT2D eigenvalue weighted by atomic mass is 10.1. The van der Waals surface area contributed by atoms with Crippen LogP contribution < -0.4 is 0 Å². The minimum atomic E-state index is 0.00395. The van der Waals surface area contributed by atoms with Crippen molar-refractivity contribution < 1.29 is 9.26 Å². The first-order valence-electron chi connectivity index (χ1n) is 6.31. The largest absolute Gasteiger partial charge is 0.368 e.